The van der Waals surface area contributed by atoms with Crippen LogP contribution in [0.5, 0.6) is 0 Å². The minimum atomic E-state index is 0.617. The minimum absolute atomic E-state index is 0.617. The van der Waals surface area contributed by atoms with Crippen LogP contribution in [0.2, 0.25) is 0 Å². The summed E-state index contributed by atoms with van der Waals surface area (Å²) in [5.41, 5.74) is 0.617. The summed E-state index contributed by atoms with van der Waals surface area (Å²) < 4.78 is 0. The Balaban J connectivity index is 2.81. The lowest BCUT2D eigenvalue weighted by molar-refractivity contribution is 0.321. The molecule has 1 aromatic rings. The molecule has 0 spiro atoms. The van der Waals surface area contributed by atoms with Crippen molar-refractivity contribution in [3.8, 4) is 0 Å². The Morgan fingerprint density at radius 3 is 2.00 bits per heavy atom. The van der Waals surface area contributed by atoms with Crippen LogP contribution in [0.25, 0.3) is 12.2 Å². The van der Waals surface area contributed by atoms with Crippen LogP contribution in [0, 0.1) is 0 Å². The van der Waals surface area contributed by atoms with Crippen LogP contribution in [0.4, 0.5) is 0 Å². The highest BCUT2D eigenvalue weighted by atomic mass is 16.4. The van der Waals surface area contributed by atoms with E-state index in [1.54, 1.807) is 0 Å². The molecule has 0 fully saturated rings. The van der Waals surface area contributed by atoms with E-state index in [0.29, 0.717) is 5.71 Å². The van der Waals surface area contributed by atoms with Crippen LogP contribution < -0.4 is 10.4 Å². The van der Waals surface area contributed by atoms with Gasteiger partial charge in [0.05, 0.1) is 0 Å². The molecule has 0 radical (unpaired) electrons. The van der Waals surface area contributed by atoms with Crippen molar-refractivity contribution < 1.29 is 5.21 Å². The molecule has 0 saturated carbocycles. The van der Waals surface area contributed by atoms with Gasteiger partial charge in [-0.05, 0) is 22.6 Å². The van der Waals surface area contributed by atoms with Crippen molar-refractivity contribution >= 4 is 17.9 Å². The van der Waals surface area contributed by atoms with Crippen molar-refractivity contribution in [2.24, 2.45) is 5.16 Å². The maximum atomic E-state index is 8.46. The zero-order valence-corrected chi connectivity index (χ0v) is 5.86. The van der Waals surface area contributed by atoms with Gasteiger partial charge in [0.15, 0.2) is 0 Å². The van der Waals surface area contributed by atoms with Crippen molar-refractivity contribution in [3.05, 3.63) is 34.7 Å². The van der Waals surface area contributed by atoms with Crippen LogP contribution in [0.15, 0.2) is 29.4 Å². The van der Waals surface area contributed by atoms with Crippen LogP contribution in [-0.4, -0.2) is 10.9 Å². The summed E-state index contributed by atoms with van der Waals surface area (Å²) in [5.74, 6) is 0. The quantitative estimate of drug-likeness (QED) is 0.407. The molecule has 2 nitrogen and oxygen atoms in total. The summed E-state index contributed by atoms with van der Waals surface area (Å²) in [6.07, 6.45) is 3.69. The number of rotatable bonds is 0. The average molecular weight is 145 g/mol. The van der Waals surface area contributed by atoms with E-state index in [-0.39, 0.29) is 0 Å². The third-order valence-electron chi connectivity index (χ3n) is 1.72. The largest absolute Gasteiger partial charge is 0.410 e. The fourth-order valence-electron chi connectivity index (χ4n) is 1.19. The highest BCUT2D eigenvalue weighted by Crippen LogP contribution is 1.86. The molecule has 0 aromatic heterocycles. The Kier molecular flexibility index (Phi) is 1.25. The number of benzene rings is 1. The van der Waals surface area contributed by atoms with Crippen LogP contribution in [0.3, 0.4) is 0 Å². The summed E-state index contributed by atoms with van der Waals surface area (Å²) >= 11 is 0. The minimum Gasteiger partial charge on any atom is -0.410 e. The fraction of sp³-hybridized carbons (Fsp3) is 0. The van der Waals surface area contributed by atoms with Gasteiger partial charge < -0.3 is 5.21 Å². The van der Waals surface area contributed by atoms with Crippen molar-refractivity contribution in [3.63, 3.8) is 0 Å². The molecular formula is C9H7NO. The molecule has 1 aliphatic carbocycles. The standard InChI is InChI=1S/C9H7NO/c11-10-9-5-7-3-1-2-4-8(7)6-9/h1-6,11H. The van der Waals surface area contributed by atoms with E-state index in [0.717, 1.165) is 10.4 Å². The average Bonchev–Trinajstić information content (AvgIpc) is 2.46. The van der Waals surface area contributed by atoms with Crippen molar-refractivity contribution in [1.82, 2.24) is 0 Å². The highest BCUT2D eigenvalue weighted by molar-refractivity contribution is 6.29. The van der Waals surface area contributed by atoms with E-state index >= 15 is 0 Å². The molecule has 1 aliphatic rings. The van der Waals surface area contributed by atoms with E-state index in [2.05, 4.69) is 5.16 Å². The number of fused-ring (bicyclic) bond motifs is 1. The zero-order valence-electron chi connectivity index (χ0n) is 5.86. The molecule has 11 heavy (non-hydrogen) atoms. The molecule has 54 valence electrons. The predicted octanol–water partition coefficient (Wildman–Crippen LogP) is 0.0914. The third kappa shape index (κ3) is 0.923. The lowest BCUT2D eigenvalue weighted by Crippen LogP contribution is -2.19. The zero-order chi connectivity index (χ0) is 7.68. The molecule has 0 bridgehead atoms. The highest BCUT2D eigenvalue weighted by Gasteiger charge is 1.97. The fourth-order valence-corrected chi connectivity index (χ4v) is 1.19. The van der Waals surface area contributed by atoms with E-state index in [1.807, 2.05) is 36.4 Å². The molecular weight excluding hydrogens is 138 g/mol. The molecule has 0 amide bonds. The van der Waals surface area contributed by atoms with Crippen LogP contribution >= 0.6 is 0 Å². The van der Waals surface area contributed by atoms with Gasteiger partial charge in [0.25, 0.3) is 0 Å². The summed E-state index contributed by atoms with van der Waals surface area (Å²) in [6, 6.07) is 7.90. The second-order valence-electron chi connectivity index (χ2n) is 2.44. The summed E-state index contributed by atoms with van der Waals surface area (Å²) in [7, 11) is 0. The maximum absolute atomic E-state index is 8.46. The Morgan fingerprint density at radius 1 is 1.00 bits per heavy atom. The molecule has 0 aliphatic heterocycles. The molecule has 1 N–H and O–H groups in total. The van der Waals surface area contributed by atoms with Crippen molar-refractivity contribution in [1.29, 1.82) is 0 Å². The van der Waals surface area contributed by atoms with Gasteiger partial charge in [-0.2, -0.15) is 0 Å². The lowest BCUT2D eigenvalue weighted by Gasteiger charge is -1.78. The van der Waals surface area contributed by atoms with Gasteiger partial charge in [0, 0.05) is 0 Å². The van der Waals surface area contributed by atoms with E-state index < -0.39 is 0 Å². The molecule has 0 heterocycles. The molecule has 0 unspecified atom stereocenters. The molecule has 0 atom stereocenters. The van der Waals surface area contributed by atoms with Gasteiger partial charge in [-0.25, -0.2) is 0 Å². The number of nitrogens with zero attached hydrogens (tertiary/aromatic N) is 1. The topological polar surface area (TPSA) is 32.6 Å². The summed E-state index contributed by atoms with van der Waals surface area (Å²) in [4.78, 5) is 0. The van der Waals surface area contributed by atoms with Gasteiger partial charge in [0.2, 0.25) is 0 Å². The Labute approximate surface area is 63.8 Å². The molecule has 1 aromatic carbocycles. The van der Waals surface area contributed by atoms with Gasteiger partial charge in [0.1, 0.15) is 5.71 Å². The Hall–Kier alpha value is -1.57. The van der Waals surface area contributed by atoms with Gasteiger partial charge in [-0.3, -0.25) is 0 Å². The van der Waals surface area contributed by atoms with Crippen molar-refractivity contribution in [2.75, 3.05) is 0 Å². The second-order valence-corrected chi connectivity index (χ2v) is 2.44. The first-order valence-corrected chi connectivity index (χ1v) is 3.41. The van der Waals surface area contributed by atoms with Crippen LogP contribution in [-0.2, 0) is 0 Å². The van der Waals surface area contributed by atoms with E-state index in [1.165, 1.54) is 0 Å². The maximum Gasteiger partial charge on any atom is 0.103 e. The predicted molar refractivity (Wildman–Crippen MR) is 43.8 cm³/mol. The lowest BCUT2D eigenvalue weighted by atomic mass is 10.3. The second kappa shape index (κ2) is 2.23. The third-order valence-corrected chi connectivity index (χ3v) is 1.72. The Bertz CT molecular complexity index is 380. The first-order valence-electron chi connectivity index (χ1n) is 3.41. The number of hydrogen-bond donors (Lipinski definition) is 1. The first kappa shape index (κ1) is 6.16. The van der Waals surface area contributed by atoms with Gasteiger partial charge in [-0.15, -0.1) is 0 Å². The first-order chi connectivity index (χ1) is 5.40. The van der Waals surface area contributed by atoms with Gasteiger partial charge in [-0.1, -0.05) is 29.4 Å². The molecule has 2 heteroatoms. The molecule has 2 rings (SSSR count). The van der Waals surface area contributed by atoms with E-state index in [4.69, 9.17) is 5.21 Å². The summed E-state index contributed by atoms with van der Waals surface area (Å²) in [6.45, 7) is 0. The van der Waals surface area contributed by atoms with Gasteiger partial charge >= 0.3 is 0 Å². The SMILES string of the molecule is ON=C1C=c2ccccc2=C1. The summed E-state index contributed by atoms with van der Waals surface area (Å²) in [5, 5.41) is 13.8. The van der Waals surface area contributed by atoms with E-state index in [9.17, 15) is 0 Å². The number of oxime groups is 1. The number of hydrogen-bond acceptors (Lipinski definition) is 2. The Morgan fingerprint density at radius 2 is 1.55 bits per heavy atom. The van der Waals surface area contributed by atoms with Crippen molar-refractivity contribution in [2.45, 2.75) is 0 Å². The smallest absolute Gasteiger partial charge is 0.103 e. The monoisotopic (exact) mass is 145 g/mol. The molecule has 0 saturated heterocycles. The van der Waals surface area contributed by atoms with Crippen LogP contribution in [0.1, 0.15) is 0 Å². The normalized spacial score (nSPS) is 13.3.